The van der Waals surface area contributed by atoms with Crippen molar-refractivity contribution in [2.24, 2.45) is 5.16 Å². The number of nitrogens with zero attached hydrogens (tertiary/aromatic N) is 2. The van der Waals surface area contributed by atoms with E-state index in [1.54, 1.807) is 0 Å². The van der Waals surface area contributed by atoms with Crippen LogP contribution >= 0.6 is 0 Å². The van der Waals surface area contributed by atoms with Gasteiger partial charge in [0.05, 0.1) is 5.71 Å². The fraction of sp³-hybridized carbons (Fsp3) is 0.632. The molecule has 23 heavy (non-hydrogen) atoms. The molecular formula is C19H28N2O2. The summed E-state index contributed by atoms with van der Waals surface area (Å²) in [5, 5.41) is 4.15. The molecule has 1 aromatic carbocycles. The molecule has 0 radical (unpaired) electrons. The van der Waals surface area contributed by atoms with Crippen molar-refractivity contribution in [2.45, 2.75) is 58.7 Å². The van der Waals surface area contributed by atoms with Gasteiger partial charge >= 0.3 is 0 Å². The van der Waals surface area contributed by atoms with Gasteiger partial charge in [-0.2, -0.15) is 0 Å². The third-order valence-electron chi connectivity index (χ3n) is 4.98. The van der Waals surface area contributed by atoms with Crippen molar-refractivity contribution < 1.29 is 9.57 Å². The van der Waals surface area contributed by atoms with Crippen LogP contribution in [0.3, 0.4) is 0 Å². The van der Waals surface area contributed by atoms with Gasteiger partial charge in [0.2, 0.25) is 0 Å². The molecule has 4 heteroatoms. The number of aryl methyl sites for hydroxylation is 2. The summed E-state index contributed by atoms with van der Waals surface area (Å²) in [5.41, 5.74) is 3.81. The van der Waals surface area contributed by atoms with E-state index in [0.29, 0.717) is 6.10 Å². The normalized spacial score (nSPS) is 22.7. The van der Waals surface area contributed by atoms with Crippen LogP contribution in [0, 0.1) is 13.8 Å². The van der Waals surface area contributed by atoms with E-state index in [2.05, 4.69) is 49.0 Å². The molecule has 1 atom stereocenters. The SMILES string of the molecule is CCC1=NO[C@@H](CN2CCC(Oc3ccc(C)c(C)c3)CC2)C1. The first-order chi connectivity index (χ1) is 11.1. The molecule has 0 bridgehead atoms. The summed E-state index contributed by atoms with van der Waals surface area (Å²) in [6.07, 6.45) is 4.75. The second-order valence-electron chi connectivity index (χ2n) is 6.81. The minimum Gasteiger partial charge on any atom is -0.490 e. The van der Waals surface area contributed by atoms with Crippen LogP contribution in [0.25, 0.3) is 0 Å². The summed E-state index contributed by atoms with van der Waals surface area (Å²) >= 11 is 0. The average molecular weight is 316 g/mol. The van der Waals surface area contributed by atoms with Crippen LogP contribution in [0.1, 0.15) is 43.7 Å². The molecule has 2 aliphatic rings. The smallest absolute Gasteiger partial charge is 0.145 e. The van der Waals surface area contributed by atoms with Crippen LogP contribution in [0.4, 0.5) is 0 Å². The number of oxime groups is 1. The van der Waals surface area contributed by atoms with Crippen molar-refractivity contribution in [1.82, 2.24) is 4.90 Å². The minimum atomic E-state index is 0.252. The molecule has 1 aromatic rings. The molecule has 0 N–H and O–H groups in total. The number of piperidine rings is 1. The number of likely N-dealkylation sites (tertiary alicyclic amines) is 1. The zero-order valence-electron chi connectivity index (χ0n) is 14.5. The van der Waals surface area contributed by atoms with Gasteiger partial charge in [0.15, 0.2) is 0 Å². The lowest BCUT2D eigenvalue weighted by Gasteiger charge is -2.33. The van der Waals surface area contributed by atoms with E-state index in [1.165, 1.54) is 16.8 Å². The lowest BCUT2D eigenvalue weighted by molar-refractivity contribution is 0.0306. The molecule has 1 fully saturated rings. The van der Waals surface area contributed by atoms with E-state index >= 15 is 0 Å². The molecule has 0 aromatic heterocycles. The summed E-state index contributed by atoms with van der Waals surface area (Å²) in [7, 11) is 0. The Hall–Kier alpha value is -1.55. The molecule has 2 heterocycles. The fourth-order valence-electron chi connectivity index (χ4n) is 3.27. The Morgan fingerprint density at radius 2 is 2.00 bits per heavy atom. The van der Waals surface area contributed by atoms with Crippen molar-refractivity contribution in [1.29, 1.82) is 0 Å². The summed E-state index contributed by atoms with van der Waals surface area (Å²) in [4.78, 5) is 8.01. The van der Waals surface area contributed by atoms with Crippen molar-refractivity contribution in [2.75, 3.05) is 19.6 Å². The Morgan fingerprint density at radius 3 is 2.65 bits per heavy atom. The van der Waals surface area contributed by atoms with Crippen LogP contribution in [-0.2, 0) is 4.84 Å². The van der Waals surface area contributed by atoms with Gasteiger partial charge in [0, 0.05) is 26.1 Å². The molecule has 126 valence electrons. The first-order valence-corrected chi connectivity index (χ1v) is 8.82. The lowest BCUT2D eigenvalue weighted by Crippen LogP contribution is -2.42. The summed E-state index contributed by atoms with van der Waals surface area (Å²) in [5.74, 6) is 1.01. The first kappa shape index (κ1) is 16.3. The average Bonchev–Trinajstić information content (AvgIpc) is 3.00. The highest BCUT2D eigenvalue weighted by atomic mass is 16.6. The summed E-state index contributed by atoms with van der Waals surface area (Å²) in [6, 6.07) is 6.38. The quantitative estimate of drug-likeness (QED) is 0.830. The Kier molecular flexibility index (Phi) is 5.21. The van der Waals surface area contributed by atoms with Crippen molar-refractivity contribution in [3.05, 3.63) is 29.3 Å². The van der Waals surface area contributed by atoms with Crippen LogP contribution in [0.15, 0.2) is 23.4 Å². The Labute approximate surface area is 139 Å². The molecule has 0 unspecified atom stereocenters. The zero-order valence-corrected chi connectivity index (χ0v) is 14.5. The van der Waals surface area contributed by atoms with E-state index in [4.69, 9.17) is 9.57 Å². The molecule has 4 nitrogen and oxygen atoms in total. The Balaban J connectivity index is 1.42. The van der Waals surface area contributed by atoms with Gasteiger partial charge in [0.1, 0.15) is 18.0 Å². The van der Waals surface area contributed by atoms with Gasteiger partial charge < -0.3 is 9.57 Å². The number of ether oxygens (including phenoxy) is 1. The molecular weight excluding hydrogens is 288 g/mol. The fourth-order valence-corrected chi connectivity index (χ4v) is 3.27. The maximum atomic E-state index is 6.16. The molecule has 0 aliphatic carbocycles. The Bertz CT molecular complexity index is 562. The second kappa shape index (κ2) is 7.35. The monoisotopic (exact) mass is 316 g/mol. The molecule has 0 saturated carbocycles. The van der Waals surface area contributed by atoms with E-state index in [-0.39, 0.29) is 6.10 Å². The van der Waals surface area contributed by atoms with Gasteiger partial charge in [-0.3, -0.25) is 4.90 Å². The van der Waals surface area contributed by atoms with Gasteiger partial charge in [-0.1, -0.05) is 18.1 Å². The molecule has 1 saturated heterocycles. The molecule has 2 aliphatic heterocycles. The molecule has 3 rings (SSSR count). The predicted molar refractivity (Wildman–Crippen MR) is 93.2 cm³/mol. The highest BCUT2D eigenvalue weighted by Gasteiger charge is 2.26. The van der Waals surface area contributed by atoms with Crippen LogP contribution < -0.4 is 4.74 Å². The summed E-state index contributed by atoms with van der Waals surface area (Å²) < 4.78 is 6.16. The van der Waals surface area contributed by atoms with E-state index < -0.39 is 0 Å². The largest absolute Gasteiger partial charge is 0.490 e. The highest BCUT2D eigenvalue weighted by Crippen LogP contribution is 2.22. The topological polar surface area (TPSA) is 34.1 Å². The number of benzene rings is 1. The number of hydrogen-bond donors (Lipinski definition) is 0. The van der Waals surface area contributed by atoms with Gasteiger partial charge in [-0.15, -0.1) is 0 Å². The lowest BCUT2D eigenvalue weighted by atomic mass is 10.1. The van der Waals surface area contributed by atoms with Crippen molar-refractivity contribution in [3.63, 3.8) is 0 Å². The van der Waals surface area contributed by atoms with Gasteiger partial charge in [0.25, 0.3) is 0 Å². The van der Waals surface area contributed by atoms with Crippen LogP contribution in [0.2, 0.25) is 0 Å². The Morgan fingerprint density at radius 1 is 1.22 bits per heavy atom. The predicted octanol–water partition coefficient (Wildman–Crippen LogP) is 3.70. The van der Waals surface area contributed by atoms with Gasteiger partial charge in [-0.05, 0) is 56.4 Å². The van der Waals surface area contributed by atoms with Crippen molar-refractivity contribution >= 4 is 5.71 Å². The second-order valence-corrected chi connectivity index (χ2v) is 6.81. The minimum absolute atomic E-state index is 0.252. The third kappa shape index (κ3) is 4.25. The molecule has 0 spiro atoms. The highest BCUT2D eigenvalue weighted by molar-refractivity contribution is 5.85. The maximum Gasteiger partial charge on any atom is 0.145 e. The standard InChI is InChI=1S/C19H28N2O2/c1-4-16-12-19(23-20-16)13-21-9-7-17(8-10-21)22-18-6-5-14(2)15(3)11-18/h5-6,11,17,19H,4,7-10,12-13H2,1-3H3/t19-/m1/s1. The van der Waals surface area contributed by atoms with E-state index in [9.17, 15) is 0 Å². The van der Waals surface area contributed by atoms with E-state index in [1.807, 2.05) is 0 Å². The first-order valence-electron chi connectivity index (χ1n) is 8.82. The number of hydrogen-bond acceptors (Lipinski definition) is 4. The zero-order chi connectivity index (χ0) is 16.2. The molecule has 0 amide bonds. The van der Waals surface area contributed by atoms with E-state index in [0.717, 1.165) is 51.1 Å². The van der Waals surface area contributed by atoms with Gasteiger partial charge in [-0.25, -0.2) is 0 Å². The summed E-state index contributed by atoms with van der Waals surface area (Å²) in [6.45, 7) is 9.56. The van der Waals surface area contributed by atoms with Crippen LogP contribution in [0.5, 0.6) is 5.75 Å². The van der Waals surface area contributed by atoms with Crippen LogP contribution in [-0.4, -0.2) is 42.5 Å². The third-order valence-corrected chi connectivity index (χ3v) is 4.98. The number of rotatable bonds is 5. The van der Waals surface area contributed by atoms with Crippen molar-refractivity contribution in [3.8, 4) is 5.75 Å². The maximum absolute atomic E-state index is 6.16.